The zero-order chi connectivity index (χ0) is 43.7. The number of halogens is 6. The van der Waals surface area contributed by atoms with Crippen LogP contribution in [0.25, 0.3) is 0 Å². The first-order valence-electron chi connectivity index (χ1n) is 23.6. The van der Waals surface area contributed by atoms with E-state index in [2.05, 4.69) is 92.7 Å². The second kappa shape index (κ2) is 30.7. The first-order valence-corrected chi connectivity index (χ1v) is 29.1. The Balaban J connectivity index is 0.00000162. The van der Waals surface area contributed by atoms with Crippen molar-refractivity contribution < 1.29 is 30.3 Å². The molecular formula is C50H79AsF6O2S. The van der Waals surface area contributed by atoms with E-state index in [1.807, 2.05) is 0 Å². The van der Waals surface area contributed by atoms with Gasteiger partial charge in [0.25, 0.3) is 0 Å². The van der Waals surface area contributed by atoms with Gasteiger partial charge in [-0.2, -0.15) is 0 Å². The first-order chi connectivity index (χ1) is 28.8. The Bertz CT molecular complexity index is 1350. The summed E-state index contributed by atoms with van der Waals surface area (Å²) in [6.07, 6.45) is 38.7. The van der Waals surface area contributed by atoms with Crippen molar-refractivity contribution in [1.29, 1.82) is 0 Å². The molecule has 0 saturated carbocycles. The van der Waals surface area contributed by atoms with E-state index in [4.69, 9.17) is 9.47 Å². The SMILES string of the molecule is CCCCCCCCCCCCCCCCOc1ccc([S+](c2ccccc2)c2ccc(OCCCCCCCCCCCCCCCC)cc2)cc1.F[As-](F)(F)(F)(F)F. The molecule has 0 unspecified atom stereocenters. The molecule has 0 heterocycles. The quantitative estimate of drug-likeness (QED) is 0.0253. The minimum atomic E-state index is -11.1. The van der Waals surface area contributed by atoms with E-state index in [-0.39, 0.29) is 10.9 Å². The fourth-order valence-corrected chi connectivity index (χ4v) is 9.34. The summed E-state index contributed by atoms with van der Waals surface area (Å²) in [5.74, 6) is 1.96. The zero-order valence-corrected chi connectivity index (χ0v) is 39.9. The van der Waals surface area contributed by atoms with Crippen LogP contribution in [0.1, 0.15) is 194 Å². The fraction of sp³-hybridized carbons (Fsp3) is 0.640. The van der Waals surface area contributed by atoms with Crippen molar-refractivity contribution in [2.75, 3.05) is 13.2 Å². The summed E-state index contributed by atoms with van der Waals surface area (Å²) in [6.45, 7) is 6.21. The summed E-state index contributed by atoms with van der Waals surface area (Å²) in [7, 11) is -0.177. The molecule has 3 aromatic carbocycles. The summed E-state index contributed by atoms with van der Waals surface area (Å²) in [4.78, 5) is 3.96. The van der Waals surface area contributed by atoms with Crippen molar-refractivity contribution in [3.63, 3.8) is 0 Å². The van der Waals surface area contributed by atoms with Crippen LogP contribution in [0.15, 0.2) is 93.5 Å². The summed E-state index contributed by atoms with van der Waals surface area (Å²) in [5, 5.41) is 0. The van der Waals surface area contributed by atoms with Gasteiger partial charge in [-0.15, -0.1) is 0 Å². The van der Waals surface area contributed by atoms with Crippen molar-refractivity contribution in [3.05, 3.63) is 78.9 Å². The summed E-state index contributed by atoms with van der Waals surface area (Å²) >= 11 is -11.1. The Kier molecular flexibility index (Phi) is 27.6. The van der Waals surface area contributed by atoms with E-state index >= 15 is 0 Å². The number of benzene rings is 3. The maximum absolute atomic E-state index is 11.1. The Morgan fingerprint density at radius 2 is 0.567 bits per heavy atom. The van der Waals surface area contributed by atoms with E-state index < -0.39 is 14.2 Å². The Morgan fingerprint density at radius 1 is 0.333 bits per heavy atom. The molecule has 3 aromatic rings. The topological polar surface area (TPSA) is 18.5 Å². The molecule has 60 heavy (non-hydrogen) atoms. The monoisotopic (exact) mass is 932 g/mol. The number of rotatable bonds is 35. The summed E-state index contributed by atoms with van der Waals surface area (Å²) < 4.78 is 71.8. The summed E-state index contributed by atoms with van der Waals surface area (Å²) in [5.41, 5.74) is 0. The van der Waals surface area contributed by atoms with Crippen LogP contribution < -0.4 is 9.47 Å². The van der Waals surface area contributed by atoms with Gasteiger partial charge in [0.05, 0.1) is 24.1 Å². The number of hydrogen-bond acceptors (Lipinski definition) is 2. The van der Waals surface area contributed by atoms with Gasteiger partial charge in [-0.3, -0.25) is 0 Å². The van der Waals surface area contributed by atoms with E-state index in [1.54, 1.807) is 0 Å². The first kappa shape index (κ1) is 53.9. The molecule has 0 aromatic heterocycles. The van der Waals surface area contributed by atoms with Gasteiger partial charge in [0.2, 0.25) is 0 Å². The van der Waals surface area contributed by atoms with Gasteiger partial charge in [0, 0.05) is 0 Å². The maximum atomic E-state index is 9.91. The van der Waals surface area contributed by atoms with E-state index in [9.17, 15) is 20.8 Å². The van der Waals surface area contributed by atoms with Crippen molar-refractivity contribution in [2.24, 2.45) is 0 Å². The fourth-order valence-electron chi connectivity index (χ4n) is 7.28. The third kappa shape index (κ3) is 32.5. The van der Waals surface area contributed by atoms with Crippen LogP contribution in [0.5, 0.6) is 11.5 Å². The Hall–Kier alpha value is -2.25. The van der Waals surface area contributed by atoms with Crippen LogP contribution in [-0.4, -0.2) is 27.4 Å². The zero-order valence-electron chi connectivity index (χ0n) is 37.2. The van der Waals surface area contributed by atoms with E-state index in [0.717, 1.165) is 37.6 Å². The predicted molar refractivity (Wildman–Crippen MR) is 246 cm³/mol. The van der Waals surface area contributed by atoms with Gasteiger partial charge >= 0.3 is 35.0 Å². The summed E-state index contributed by atoms with van der Waals surface area (Å²) in [6, 6.07) is 28.6. The molecule has 2 nitrogen and oxygen atoms in total. The minimum absolute atomic E-state index is 0.177. The molecule has 0 aliphatic carbocycles. The number of hydrogen-bond donors (Lipinski definition) is 0. The molecule has 0 atom stereocenters. The second-order valence-corrected chi connectivity index (χ2v) is 22.5. The average molecular weight is 933 g/mol. The number of unbranched alkanes of at least 4 members (excludes halogenated alkanes) is 26. The molecule has 344 valence electrons. The molecule has 3 rings (SSSR count). The van der Waals surface area contributed by atoms with Gasteiger partial charge in [-0.1, -0.05) is 199 Å². The third-order valence-corrected chi connectivity index (χ3v) is 12.9. The standard InChI is InChI=1S/C50H79O2S.AsF6/c1-3-5-7-9-11-13-15-17-19-21-23-25-27-32-44-51-46-36-40-49(41-37-46)53(48-34-30-29-31-35-48)50-42-38-47(39-43-50)52-45-33-28-26-24-22-20-18-16-14-12-10-8-6-4-2;2-1(3,4,5,6)7/h29-31,34-43H,3-28,32-33,44-45H2,1-2H3;/q+1;-1. The van der Waals surface area contributed by atoms with Crippen molar-refractivity contribution >= 4 is 25.1 Å². The Morgan fingerprint density at radius 3 is 0.833 bits per heavy atom. The molecule has 0 fully saturated rings. The van der Waals surface area contributed by atoms with Crippen molar-refractivity contribution in [1.82, 2.24) is 0 Å². The molecule has 0 radical (unpaired) electrons. The van der Waals surface area contributed by atoms with Crippen LogP contribution in [0.2, 0.25) is 0 Å². The molecule has 0 aliphatic rings. The number of ether oxygens (including phenoxy) is 2. The molecule has 0 saturated heterocycles. The predicted octanol–water partition coefficient (Wildman–Crippen LogP) is 18.6. The molecular weight excluding hydrogens is 854 g/mol. The van der Waals surface area contributed by atoms with Crippen molar-refractivity contribution in [3.8, 4) is 11.5 Å². The molecule has 0 N–H and O–H groups in total. The van der Waals surface area contributed by atoms with Crippen LogP contribution in [0, 0.1) is 0 Å². The Labute approximate surface area is 365 Å². The van der Waals surface area contributed by atoms with Gasteiger partial charge in [0.15, 0.2) is 14.7 Å². The normalized spacial score (nSPS) is 12.8. The van der Waals surface area contributed by atoms with E-state index in [0.29, 0.717) is 0 Å². The third-order valence-electron chi connectivity index (χ3n) is 10.6. The molecule has 0 amide bonds. The molecule has 0 aliphatic heterocycles. The average Bonchev–Trinajstić information content (AvgIpc) is 3.21. The molecule has 10 heteroatoms. The molecule has 0 spiro atoms. The van der Waals surface area contributed by atoms with Gasteiger partial charge < -0.3 is 9.47 Å². The van der Waals surface area contributed by atoms with Crippen LogP contribution in [0.3, 0.4) is 0 Å². The van der Waals surface area contributed by atoms with Gasteiger partial charge in [-0.05, 0) is 73.5 Å². The van der Waals surface area contributed by atoms with Crippen molar-refractivity contribution in [2.45, 2.75) is 208 Å². The molecule has 0 bridgehead atoms. The van der Waals surface area contributed by atoms with E-state index in [1.165, 1.54) is 182 Å². The second-order valence-electron chi connectivity index (χ2n) is 16.4. The van der Waals surface area contributed by atoms with Crippen LogP contribution >= 0.6 is 0 Å². The van der Waals surface area contributed by atoms with Gasteiger partial charge in [0.1, 0.15) is 11.5 Å². The van der Waals surface area contributed by atoms with Gasteiger partial charge in [-0.25, -0.2) is 0 Å². The van der Waals surface area contributed by atoms with Crippen LogP contribution in [0.4, 0.5) is 20.8 Å². The van der Waals surface area contributed by atoms with Crippen LogP contribution in [-0.2, 0) is 10.9 Å².